The van der Waals surface area contributed by atoms with Gasteiger partial charge in [0.05, 0.1) is 19.1 Å². The van der Waals surface area contributed by atoms with E-state index in [-0.39, 0.29) is 24.0 Å². The van der Waals surface area contributed by atoms with Crippen molar-refractivity contribution in [2.75, 3.05) is 49.6 Å². The lowest BCUT2D eigenvalue weighted by Crippen LogP contribution is -2.49. The summed E-state index contributed by atoms with van der Waals surface area (Å²) in [6.45, 7) is 6.30. The summed E-state index contributed by atoms with van der Waals surface area (Å²) in [5.74, 6) is -0.537. The SMILES string of the molecule is CCOC(=O)[C@@H]1CCCN(c2c(NC3CCN(C(=O)OCC)CC3)c(=O)c2=O)C1. The highest BCUT2D eigenvalue weighted by Crippen LogP contribution is 2.28. The molecule has 1 aromatic carbocycles. The molecule has 2 aliphatic rings. The average Bonchev–Trinajstić information content (AvgIpc) is 2.74. The predicted octanol–water partition coefficient (Wildman–Crippen LogP) is 1.09. The molecule has 160 valence electrons. The van der Waals surface area contributed by atoms with Gasteiger partial charge in [0, 0.05) is 32.2 Å². The molecule has 1 N–H and O–H groups in total. The molecule has 9 nitrogen and oxygen atoms in total. The van der Waals surface area contributed by atoms with E-state index in [4.69, 9.17) is 9.47 Å². The van der Waals surface area contributed by atoms with Gasteiger partial charge in [-0.05, 0) is 39.5 Å². The van der Waals surface area contributed by atoms with Crippen LogP contribution < -0.4 is 21.1 Å². The quantitative estimate of drug-likeness (QED) is 0.552. The Morgan fingerprint density at radius 1 is 1.00 bits per heavy atom. The molecule has 0 saturated carbocycles. The third-order valence-corrected chi connectivity index (χ3v) is 5.61. The van der Waals surface area contributed by atoms with Gasteiger partial charge >= 0.3 is 12.1 Å². The van der Waals surface area contributed by atoms with Gasteiger partial charge in [-0.3, -0.25) is 14.4 Å². The van der Waals surface area contributed by atoms with E-state index < -0.39 is 10.9 Å². The number of hydrogen-bond acceptors (Lipinski definition) is 8. The molecule has 29 heavy (non-hydrogen) atoms. The number of hydrogen-bond donors (Lipinski definition) is 1. The maximum Gasteiger partial charge on any atom is 0.409 e. The van der Waals surface area contributed by atoms with Crippen LogP contribution in [0, 0.1) is 5.92 Å². The first-order valence-corrected chi connectivity index (χ1v) is 10.4. The van der Waals surface area contributed by atoms with Crippen molar-refractivity contribution >= 4 is 23.4 Å². The van der Waals surface area contributed by atoms with Gasteiger partial charge < -0.3 is 24.6 Å². The van der Waals surface area contributed by atoms with Crippen molar-refractivity contribution in [3.8, 4) is 0 Å². The number of carbonyl (C=O) groups is 2. The Balaban J connectivity index is 1.62. The van der Waals surface area contributed by atoms with Crippen molar-refractivity contribution in [2.45, 2.75) is 45.6 Å². The summed E-state index contributed by atoms with van der Waals surface area (Å²) in [5, 5.41) is 3.22. The van der Waals surface area contributed by atoms with Crippen molar-refractivity contribution in [1.29, 1.82) is 0 Å². The fourth-order valence-corrected chi connectivity index (χ4v) is 4.07. The molecule has 0 aliphatic carbocycles. The zero-order valence-electron chi connectivity index (χ0n) is 17.1. The van der Waals surface area contributed by atoms with Gasteiger partial charge in [-0.15, -0.1) is 0 Å². The molecule has 0 unspecified atom stereocenters. The Morgan fingerprint density at radius 2 is 1.69 bits per heavy atom. The van der Waals surface area contributed by atoms with Crippen LogP contribution in [0.4, 0.5) is 16.2 Å². The van der Waals surface area contributed by atoms with Gasteiger partial charge in [-0.25, -0.2) is 4.79 Å². The third kappa shape index (κ3) is 4.54. The maximum atomic E-state index is 12.3. The summed E-state index contributed by atoms with van der Waals surface area (Å²) in [4.78, 5) is 51.8. The molecule has 2 heterocycles. The lowest BCUT2D eigenvalue weighted by atomic mass is 9.96. The van der Waals surface area contributed by atoms with Gasteiger partial charge in [0.25, 0.3) is 10.9 Å². The zero-order chi connectivity index (χ0) is 21.0. The summed E-state index contributed by atoms with van der Waals surface area (Å²) in [6, 6.07) is 0.00775. The second-order valence-corrected chi connectivity index (χ2v) is 7.52. The number of nitrogens with zero attached hydrogens (tertiary/aromatic N) is 2. The molecule has 0 spiro atoms. The molecule has 2 fully saturated rings. The Bertz CT molecular complexity index is 808. The number of carbonyl (C=O) groups excluding carboxylic acids is 2. The van der Waals surface area contributed by atoms with E-state index in [1.807, 2.05) is 4.90 Å². The van der Waals surface area contributed by atoms with Gasteiger partial charge in [0.2, 0.25) is 0 Å². The highest BCUT2D eigenvalue weighted by Gasteiger charge is 2.34. The van der Waals surface area contributed by atoms with Crippen LogP contribution in [0.1, 0.15) is 39.5 Å². The molecular formula is C20H29N3O6. The Hall–Kier alpha value is -2.58. The van der Waals surface area contributed by atoms with Crippen molar-refractivity contribution in [2.24, 2.45) is 5.92 Å². The van der Waals surface area contributed by atoms with Crippen molar-refractivity contribution < 1.29 is 19.1 Å². The first-order valence-electron chi connectivity index (χ1n) is 10.4. The van der Waals surface area contributed by atoms with Crippen LogP contribution in [0.15, 0.2) is 9.59 Å². The normalized spacial score (nSPS) is 20.6. The Morgan fingerprint density at radius 3 is 2.34 bits per heavy atom. The van der Waals surface area contributed by atoms with Crippen molar-refractivity contribution in [3.05, 3.63) is 20.4 Å². The first kappa shape index (κ1) is 21.1. The Labute approximate surface area is 169 Å². The second-order valence-electron chi connectivity index (χ2n) is 7.52. The van der Waals surface area contributed by atoms with E-state index >= 15 is 0 Å². The average molecular weight is 407 g/mol. The number of likely N-dealkylation sites (tertiary alicyclic amines) is 1. The highest BCUT2D eigenvalue weighted by molar-refractivity contribution is 5.78. The van der Waals surface area contributed by atoms with Crippen LogP contribution in [0.3, 0.4) is 0 Å². The standard InChI is InChI=1S/C20H29N3O6/c1-3-28-19(26)13-6-5-9-23(12-13)16-15(17(24)18(16)25)21-14-7-10-22(11-8-14)20(27)29-4-2/h13-14,21H,3-12H2,1-2H3/t13-/m1/s1. The second kappa shape index (κ2) is 9.28. The largest absolute Gasteiger partial charge is 0.466 e. The van der Waals surface area contributed by atoms with Crippen LogP contribution in [-0.4, -0.2) is 62.4 Å². The van der Waals surface area contributed by atoms with E-state index in [0.29, 0.717) is 63.6 Å². The molecule has 3 rings (SSSR count). The minimum Gasteiger partial charge on any atom is -0.466 e. The summed E-state index contributed by atoms with van der Waals surface area (Å²) in [7, 11) is 0. The fourth-order valence-electron chi connectivity index (χ4n) is 4.07. The predicted molar refractivity (Wildman–Crippen MR) is 108 cm³/mol. The van der Waals surface area contributed by atoms with Crippen molar-refractivity contribution in [1.82, 2.24) is 4.90 Å². The summed E-state index contributed by atoms with van der Waals surface area (Å²) in [6.07, 6.45) is 2.50. The zero-order valence-corrected chi connectivity index (χ0v) is 17.1. The number of ether oxygens (including phenoxy) is 2. The summed E-state index contributed by atoms with van der Waals surface area (Å²) >= 11 is 0. The monoisotopic (exact) mass is 407 g/mol. The number of anilines is 2. The molecule has 2 saturated heterocycles. The molecule has 0 bridgehead atoms. The van der Waals surface area contributed by atoms with Crippen molar-refractivity contribution in [3.63, 3.8) is 0 Å². The fraction of sp³-hybridized carbons (Fsp3) is 0.700. The maximum absolute atomic E-state index is 12.3. The number of piperidine rings is 2. The van der Waals surface area contributed by atoms with E-state index in [1.54, 1.807) is 18.7 Å². The molecule has 1 aromatic rings. The van der Waals surface area contributed by atoms with Gasteiger partial charge in [-0.2, -0.15) is 0 Å². The third-order valence-electron chi connectivity index (χ3n) is 5.61. The topological polar surface area (TPSA) is 105 Å². The lowest BCUT2D eigenvalue weighted by molar-refractivity contribution is -0.148. The molecular weight excluding hydrogens is 378 g/mol. The number of esters is 1. The van der Waals surface area contributed by atoms with Gasteiger partial charge in [0.1, 0.15) is 11.4 Å². The summed E-state index contributed by atoms with van der Waals surface area (Å²) < 4.78 is 10.1. The molecule has 0 aromatic heterocycles. The van der Waals surface area contributed by atoms with Gasteiger partial charge in [-0.1, -0.05) is 0 Å². The Kier molecular flexibility index (Phi) is 6.76. The molecule has 0 radical (unpaired) electrons. The minimum atomic E-state index is -0.508. The van der Waals surface area contributed by atoms with Crippen LogP contribution in [0.2, 0.25) is 0 Å². The smallest absolute Gasteiger partial charge is 0.409 e. The highest BCUT2D eigenvalue weighted by atomic mass is 16.6. The number of nitrogens with one attached hydrogen (secondary N) is 1. The summed E-state index contributed by atoms with van der Waals surface area (Å²) in [5.41, 5.74) is -0.280. The first-order chi connectivity index (χ1) is 14.0. The van der Waals surface area contributed by atoms with E-state index in [0.717, 1.165) is 12.8 Å². The lowest BCUT2D eigenvalue weighted by Gasteiger charge is -2.36. The van der Waals surface area contributed by atoms with Gasteiger partial charge in [0.15, 0.2) is 0 Å². The molecule has 2 aliphatic heterocycles. The molecule has 1 atom stereocenters. The van der Waals surface area contributed by atoms with E-state index in [9.17, 15) is 19.2 Å². The molecule has 1 amide bonds. The van der Waals surface area contributed by atoms with Crippen LogP contribution in [0.5, 0.6) is 0 Å². The number of amides is 1. The van der Waals surface area contributed by atoms with Crippen LogP contribution in [0.25, 0.3) is 0 Å². The van der Waals surface area contributed by atoms with E-state index in [2.05, 4.69) is 5.32 Å². The minimum absolute atomic E-state index is 0.00775. The molecule has 9 heteroatoms. The van der Waals surface area contributed by atoms with E-state index in [1.165, 1.54) is 0 Å². The van der Waals surface area contributed by atoms with Crippen LogP contribution in [-0.2, 0) is 14.3 Å². The van der Waals surface area contributed by atoms with Crippen LogP contribution >= 0.6 is 0 Å². The number of rotatable bonds is 6.